The van der Waals surface area contributed by atoms with Gasteiger partial charge in [0.05, 0.1) is 6.61 Å². The van der Waals surface area contributed by atoms with Gasteiger partial charge in [0.2, 0.25) is 0 Å². The van der Waals surface area contributed by atoms with Gasteiger partial charge in [-0.25, -0.2) is 0 Å². The van der Waals surface area contributed by atoms with Gasteiger partial charge in [0.15, 0.2) is 0 Å². The zero-order valence-electron chi connectivity index (χ0n) is 11.9. The lowest BCUT2D eigenvalue weighted by Crippen LogP contribution is -2.36. The van der Waals surface area contributed by atoms with Crippen LogP contribution >= 0.6 is 0 Å². The zero-order chi connectivity index (χ0) is 13.0. The molecule has 0 aliphatic carbocycles. The van der Waals surface area contributed by atoms with E-state index in [1.165, 1.54) is 30.4 Å². The third kappa shape index (κ3) is 4.02. The van der Waals surface area contributed by atoms with Crippen LogP contribution in [-0.4, -0.2) is 18.7 Å². The first-order valence-electron chi connectivity index (χ1n) is 7.04. The van der Waals surface area contributed by atoms with Crippen LogP contribution in [0, 0.1) is 0 Å². The minimum Gasteiger partial charge on any atom is -0.493 e. The summed E-state index contributed by atoms with van der Waals surface area (Å²) in [5.74, 6) is 1.09. The summed E-state index contributed by atoms with van der Waals surface area (Å²) in [4.78, 5) is 0. The monoisotopic (exact) mass is 247 g/mol. The van der Waals surface area contributed by atoms with Crippen molar-refractivity contribution in [1.82, 2.24) is 5.32 Å². The van der Waals surface area contributed by atoms with Crippen LogP contribution in [0.5, 0.6) is 5.75 Å². The van der Waals surface area contributed by atoms with E-state index in [0.717, 1.165) is 25.3 Å². The van der Waals surface area contributed by atoms with E-state index in [4.69, 9.17) is 4.74 Å². The van der Waals surface area contributed by atoms with Crippen LogP contribution in [0.3, 0.4) is 0 Å². The third-order valence-electron chi connectivity index (χ3n) is 3.30. The van der Waals surface area contributed by atoms with Gasteiger partial charge in [-0.05, 0) is 63.8 Å². The molecule has 1 aromatic rings. The smallest absolute Gasteiger partial charge is 0.122 e. The fraction of sp³-hybridized carbons (Fsp3) is 0.625. The van der Waals surface area contributed by atoms with Crippen molar-refractivity contribution in [3.05, 3.63) is 29.3 Å². The average Bonchev–Trinajstić information content (AvgIpc) is 2.74. The number of nitrogens with one attached hydrogen (secondary N) is 1. The Morgan fingerprint density at radius 1 is 1.22 bits per heavy atom. The molecule has 0 bridgehead atoms. The molecule has 0 unspecified atom stereocenters. The predicted octanol–water partition coefficient (Wildman–Crippen LogP) is 3.33. The summed E-state index contributed by atoms with van der Waals surface area (Å²) in [6, 6.07) is 6.66. The molecular weight excluding hydrogens is 222 g/mol. The highest BCUT2D eigenvalue weighted by Crippen LogP contribution is 2.26. The lowest BCUT2D eigenvalue weighted by molar-refractivity contribution is 0.357. The lowest BCUT2D eigenvalue weighted by Gasteiger charge is -2.20. The maximum absolute atomic E-state index is 5.52. The Labute approximate surface area is 111 Å². The second-order valence-corrected chi connectivity index (χ2v) is 6.17. The van der Waals surface area contributed by atoms with Gasteiger partial charge < -0.3 is 10.1 Å². The number of hydrogen-bond donors (Lipinski definition) is 1. The van der Waals surface area contributed by atoms with Crippen molar-refractivity contribution >= 4 is 0 Å². The topological polar surface area (TPSA) is 21.3 Å². The number of unbranched alkanes of at least 4 members (excludes halogenated alkanes) is 1. The Bertz CT molecular complexity index is 393. The number of fused-ring (bicyclic) bond motifs is 1. The average molecular weight is 247 g/mol. The summed E-state index contributed by atoms with van der Waals surface area (Å²) in [5, 5.41) is 3.53. The summed E-state index contributed by atoms with van der Waals surface area (Å²) >= 11 is 0. The summed E-state index contributed by atoms with van der Waals surface area (Å²) < 4.78 is 5.52. The molecule has 2 rings (SSSR count). The molecule has 1 aromatic carbocycles. The van der Waals surface area contributed by atoms with Crippen LogP contribution in [0.2, 0.25) is 0 Å². The Hall–Kier alpha value is -1.02. The first-order valence-corrected chi connectivity index (χ1v) is 7.04. The number of ether oxygens (including phenoxy) is 1. The summed E-state index contributed by atoms with van der Waals surface area (Å²) in [6.45, 7) is 8.61. The zero-order valence-corrected chi connectivity index (χ0v) is 11.9. The van der Waals surface area contributed by atoms with Crippen LogP contribution < -0.4 is 10.1 Å². The van der Waals surface area contributed by atoms with Gasteiger partial charge in [-0.2, -0.15) is 0 Å². The van der Waals surface area contributed by atoms with E-state index in [0.29, 0.717) is 0 Å². The molecule has 0 saturated heterocycles. The summed E-state index contributed by atoms with van der Waals surface area (Å²) in [6.07, 6.45) is 4.75. The SMILES string of the molecule is CC(C)(C)NCCCCc1ccc2c(c1)CCO2. The molecule has 0 atom stereocenters. The Morgan fingerprint density at radius 2 is 2.06 bits per heavy atom. The summed E-state index contributed by atoms with van der Waals surface area (Å²) in [5.41, 5.74) is 3.08. The molecule has 2 heteroatoms. The highest BCUT2D eigenvalue weighted by atomic mass is 16.5. The van der Waals surface area contributed by atoms with Crippen molar-refractivity contribution in [3.8, 4) is 5.75 Å². The Balaban J connectivity index is 1.71. The fourth-order valence-corrected chi connectivity index (χ4v) is 2.31. The molecule has 0 aromatic heterocycles. The van der Waals surface area contributed by atoms with Crippen LogP contribution in [0.4, 0.5) is 0 Å². The van der Waals surface area contributed by atoms with Gasteiger partial charge in [-0.1, -0.05) is 12.1 Å². The third-order valence-corrected chi connectivity index (χ3v) is 3.30. The highest BCUT2D eigenvalue weighted by Gasteiger charge is 2.11. The minimum atomic E-state index is 0.241. The molecule has 0 spiro atoms. The van der Waals surface area contributed by atoms with Gasteiger partial charge in [0.1, 0.15) is 5.75 Å². The number of benzene rings is 1. The molecule has 1 N–H and O–H groups in total. The second-order valence-electron chi connectivity index (χ2n) is 6.17. The van der Waals surface area contributed by atoms with E-state index < -0.39 is 0 Å². The van der Waals surface area contributed by atoms with Crippen molar-refractivity contribution in [2.45, 2.75) is 52.0 Å². The Morgan fingerprint density at radius 3 is 2.83 bits per heavy atom. The van der Waals surface area contributed by atoms with E-state index >= 15 is 0 Å². The van der Waals surface area contributed by atoms with Crippen molar-refractivity contribution in [3.63, 3.8) is 0 Å². The largest absolute Gasteiger partial charge is 0.493 e. The van der Waals surface area contributed by atoms with Crippen LogP contribution in [0.1, 0.15) is 44.7 Å². The van der Waals surface area contributed by atoms with E-state index in [1.54, 1.807) is 0 Å². The second kappa shape index (κ2) is 5.75. The van der Waals surface area contributed by atoms with Gasteiger partial charge in [-0.15, -0.1) is 0 Å². The first kappa shape index (κ1) is 13.4. The molecule has 1 aliphatic rings. The maximum atomic E-state index is 5.52. The normalized spacial score (nSPS) is 14.4. The first-order chi connectivity index (χ1) is 8.54. The quantitative estimate of drug-likeness (QED) is 0.806. The maximum Gasteiger partial charge on any atom is 0.122 e. The molecule has 0 fully saturated rings. The molecule has 2 nitrogen and oxygen atoms in total. The predicted molar refractivity (Wildman–Crippen MR) is 76.3 cm³/mol. The number of rotatable bonds is 5. The van der Waals surface area contributed by atoms with Gasteiger partial charge >= 0.3 is 0 Å². The van der Waals surface area contributed by atoms with Crippen molar-refractivity contribution in [2.75, 3.05) is 13.2 Å². The number of aryl methyl sites for hydroxylation is 1. The van der Waals surface area contributed by atoms with Crippen molar-refractivity contribution in [2.24, 2.45) is 0 Å². The molecule has 1 heterocycles. The molecule has 0 amide bonds. The Kier molecular flexibility index (Phi) is 4.28. The fourth-order valence-electron chi connectivity index (χ4n) is 2.31. The standard InChI is InChI=1S/C16H25NO/c1-16(2,3)17-10-5-4-6-13-7-8-15-14(12-13)9-11-18-15/h7-8,12,17H,4-6,9-11H2,1-3H3. The van der Waals surface area contributed by atoms with Crippen LogP contribution in [-0.2, 0) is 12.8 Å². The van der Waals surface area contributed by atoms with E-state index in [1.807, 2.05) is 0 Å². The van der Waals surface area contributed by atoms with Gasteiger partial charge in [-0.3, -0.25) is 0 Å². The molecular formula is C16H25NO. The van der Waals surface area contributed by atoms with Crippen LogP contribution in [0.25, 0.3) is 0 Å². The molecule has 0 saturated carbocycles. The van der Waals surface area contributed by atoms with E-state index in [9.17, 15) is 0 Å². The highest BCUT2D eigenvalue weighted by molar-refractivity contribution is 5.39. The van der Waals surface area contributed by atoms with E-state index in [2.05, 4.69) is 44.3 Å². The lowest BCUT2D eigenvalue weighted by atomic mass is 10.0. The van der Waals surface area contributed by atoms with E-state index in [-0.39, 0.29) is 5.54 Å². The molecule has 0 radical (unpaired) electrons. The van der Waals surface area contributed by atoms with Crippen molar-refractivity contribution < 1.29 is 4.74 Å². The molecule has 18 heavy (non-hydrogen) atoms. The van der Waals surface area contributed by atoms with Crippen LogP contribution in [0.15, 0.2) is 18.2 Å². The van der Waals surface area contributed by atoms with Gasteiger partial charge in [0, 0.05) is 12.0 Å². The minimum absolute atomic E-state index is 0.241. The molecule has 1 aliphatic heterocycles. The molecule has 100 valence electrons. The number of hydrogen-bond acceptors (Lipinski definition) is 2. The summed E-state index contributed by atoms with van der Waals surface area (Å²) in [7, 11) is 0. The van der Waals surface area contributed by atoms with Gasteiger partial charge in [0.25, 0.3) is 0 Å². The van der Waals surface area contributed by atoms with Crippen molar-refractivity contribution in [1.29, 1.82) is 0 Å².